The van der Waals surface area contributed by atoms with Crippen LogP contribution in [-0.4, -0.2) is 29.7 Å². The Bertz CT molecular complexity index is 816. The van der Waals surface area contributed by atoms with E-state index in [1.54, 1.807) is 14.2 Å². The highest BCUT2D eigenvalue weighted by molar-refractivity contribution is 9.10. The summed E-state index contributed by atoms with van der Waals surface area (Å²) in [5.41, 5.74) is 2.54. The van der Waals surface area contributed by atoms with Crippen molar-refractivity contribution in [3.8, 4) is 11.5 Å². The molecule has 1 unspecified atom stereocenters. The Morgan fingerprint density at radius 2 is 2.12 bits per heavy atom. The number of carbonyl (C=O) groups is 1. The highest BCUT2D eigenvalue weighted by Crippen LogP contribution is 2.35. The molecule has 3 rings (SSSR count). The van der Waals surface area contributed by atoms with E-state index < -0.39 is 0 Å². The van der Waals surface area contributed by atoms with Crippen molar-refractivity contribution in [2.75, 3.05) is 14.2 Å². The number of halogens is 1. The summed E-state index contributed by atoms with van der Waals surface area (Å²) >= 11 is 3.42. The van der Waals surface area contributed by atoms with Gasteiger partial charge in [0.25, 0.3) is 5.91 Å². The van der Waals surface area contributed by atoms with Gasteiger partial charge in [0.05, 0.1) is 20.3 Å². The van der Waals surface area contributed by atoms with E-state index in [4.69, 9.17) is 9.47 Å². The lowest BCUT2D eigenvalue weighted by Crippen LogP contribution is -2.29. The molecule has 6 nitrogen and oxygen atoms in total. The Hall–Kier alpha value is -2.02. The topological polar surface area (TPSA) is 65.4 Å². The second-order valence-corrected chi connectivity index (χ2v) is 6.88. The van der Waals surface area contributed by atoms with Gasteiger partial charge in [-0.25, -0.2) is 4.98 Å². The quantitative estimate of drug-likeness (QED) is 0.824. The van der Waals surface area contributed by atoms with Crippen molar-refractivity contribution in [3.05, 3.63) is 39.4 Å². The fourth-order valence-electron chi connectivity index (χ4n) is 3.42. The normalized spacial score (nSPS) is 14.1. The molecular weight excluding hydrogens is 386 g/mol. The Morgan fingerprint density at radius 3 is 2.80 bits per heavy atom. The molecule has 0 bridgehead atoms. The molecule has 1 aliphatic heterocycles. The van der Waals surface area contributed by atoms with Gasteiger partial charge < -0.3 is 19.4 Å². The van der Waals surface area contributed by atoms with E-state index in [1.807, 2.05) is 30.5 Å². The zero-order valence-corrected chi connectivity index (χ0v) is 16.4. The zero-order chi connectivity index (χ0) is 18.1. The molecule has 0 spiro atoms. The number of amides is 1. The monoisotopic (exact) mass is 407 g/mol. The van der Waals surface area contributed by atoms with Gasteiger partial charge in [0.1, 0.15) is 16.1 Å². The van der Waals surface area contributed by atoms with E-state index in [2.05, 4.69) is 26.2 Å². The summed E-state index contributed by atoms with van der Waals surface area (Å²) in [5, 5.41) is 3.07. The molecule has 1 atom stereocenters. The average Bonchev–Trinajstić information content (AvgIpc) is 3.13. The first kappa shape index (κ1) is 17.8. The lowest BCUT2D eigenvalue weighted by molar-refractivity contribution is 0.0929. The summed E-state index contributed by atoms with van der Waals surface area (Å²) in [6.07, 6.45) is 1.94. The van der Waals surface area contributed by atoms with Gasteiger partial charge >= 0.3 is 0 Å². The van der Waals surface area contributed by atoms with Crippen LogP contribution >= 0.6 is 15.9 Å². The minimum atomic E-state index is -0.174. The van der Waals surface area contributed by atoms with Crippen LogP contribution in [0, 0.1) is 6.92 Å². The lowest BCUT2D eigenvalue weighted by atomic mass is 10.0. The van der Waals surface area contributed by atoms with Crippen LogP contribution in [0.4, 0.5) is 0 Å². The number of methoxy groups -OCH3 is 2. The predicted molar refractivity (Wildman–Crippen MR) is 98.4 cm³/mol. The van der Waals surface area contributed by atoms with E-state index in [0.717, 1.165) is 36.3 Å². The maximum atomic E-state index is 12.8. The Balaban J connectivity index is 1.86. The molecule has 1 aliphatic rings. The highest BCUT2D eigenvalue weighted by atomic mass is 79.9. The van der Waals surface area contributed by atoms with Crippen LogP contribution in [0.1, 0.15) is 46.8 Å². The van der Waals surface area contributed by atoms with Crippen LogP contribution in [-0.2, 0) is 13.0 Å². The van der Waals surface area contributed by atoms with Crippen LogP contribution in [0.15, 0.2) is 16.7 Å². The highest BCUT2D eigenvalue weighted by Gasteiger charge is 2.26. The number of rotatable bonds is 5. The van der Waals surface area contributed by atoms with Crippen LogP contribution in [0.5, 0.6) is 11.5 Å². The molecule has 7 heteroatoms. The number of aryl methyl sites for hydroxylation is 1. The molecular formula is C18H22BrN3O3. The number of aromatic nitrogens is 2. The molecule has 0 saturated heterocycles. The number of nitrogens with zero attached hydrogens (tertiary/aromatic N) is 2. The van der Waals surface area contributed by atoms with E-state index in [9.17, 15) is 4.79 Å². The second-order valence-electron chi connectivity index (χ2n) is 6.13. The van der Waals surface area contributed by atoms with Gasteiger partial charge in [-0.1, -0.05) is 6.07 Å². The largest absolute Gasteiger partial charge is 0.493 e. The van der Waals surface area contributed by atoms with Crippen molar-refractivity contribution in [2.24, 2.45) is 0 Å². The molecule has 0 fully saturated rings. The van der Waals surface area contributed by atoms with Crippen molar-refractivity contribution in [2.45, 2.75) is 39.3 Å². The summed E-state index contributed by atoms with van der Waals surface area (Å²) in [7, 11) is 3.23. The van der Waals surface area contributed by atoms with Gasteiger partial charge in [0.15, 0.2) is 11.5 Å². The van der Waals surface area contributed by atoms with Crippen molar-refractivity contribution < 1.29 is 14.3 Å². The Labute approximate surface area is 155 Å². The standard InChI is InChI=1S/C18H22BrN3O3/c1-10-12(7-8-13(24-3)16(10)25-4)11(2)20-18(23)15-17(19)21-14-6-5-9-22(14)15/h7-8,11H,5-6,9H2,1-4H3,(H,20,23). The van der Waals surface area contributed by atoms with E-state index in [1.165, 1.54) is 0 Å². The third-order valence-electron chi connectivity index (χ3n) is 4.65. The van der Waals surface area contributed by atoms with Gasteiger partial charge in [0.2, 0.25) is 0 Å². The Morgan fingerprint density at radius 1 is 1.36 bits per heavy atom. The van der Waals surface area contributed by atoms with E-state index in [-0.39, 0.29) is 11.9 Å². The van der Waals surface area contributed by atoms with Crippen LogP contribution in [0.25, 0.3) is 0 Å². The first-order chi connectivity index (χ1) is 12.0. The number of carbonyl (C=O) groups excluding carboxylic acids is 1. The van der Waals surface area contributed by atoms with Gasteiger partial charge in [-0.05, 0) is 47.8 Å². The predicted octanol–water partition coefficient (Wildman–Crippen LogP) is 3.41. The second kappa shape index (κ2) is 7.07. The molecule has 2 heterocycles. The Kier molecular flexibility index (Phi) is 5.03. The van der Waals surface area contributed by atoms with Gasteiger partial charge in [-0.15, -0.1) is 0 Å². The molecule has 134 valence electrons. The van der Waals surface area contributed by atoms with Crippen molar-refractivity contribution >= 4 is 21.8 Å². The summed E-state index contributed by atoms with van der Waals surface area (Å²) in [5.74, 6) is 2.20. The minimum absolute atomic E-state index is 0.130. The maximum Gasteiger partial charge on any atom is 0.271 e. The summed E-state index contributed by atoms with van der Waals surface area (Å²) in [4.78, 5) is 17.2. The molecule has 0 aliphatic carbocycles. The van der Waals surface area contributed by atoms with Gasteiger partial charge in [-0.3, -0.25) is 4.79 Å². The van der Waals surface area contributed by atoms with Crippen molar-refractivity contribution in [3.63, 3.8) is 0 Å². The number of ether oxygens (including phenoxy) is 2. The van der Waals surface area contributed by atoms with Gasteiger partial charge in [-0.2, -0.15) is 0 Å². The van der Waals surface area contributed by atoms with E-state index >= 15 is 0 Å². The molecule has 1 amide bonds. The SMILES string of the molecule is COc1ccc(C(C)NC(=O)c2c(Br)nc3n2CCC3)c(C)c1OC. The first-order valence-corrected chi connectivity index (χ1v) is 9.04. The molecule has 0 radical (unpaired) electrons. The number of hydrogen-bond donors (Lipinski definition) is 1. The molecule has 0 saturated carbocycles. The van der Waals surface area contributed by atoms with Crippen molar-refractivity contribution in [1.82, 2.24) is 14.9 Å². The molecule has 25 heavy (non-hydrogen) atoms. The molecule has 1 N–H and O–H groups in total. The van der Waals surface area contributed by atoms with Crippen molar-refractivity contribution in [1.29, 1.82) is 0 Å². The molecule has 1 aromatic carbocycles. The van der Waals surface area contributed by atoms with Gasteiger partial charge in [0, 0.05) is 18.5 Å². The van der Waals surface area contributed by atoms with E-state index in [0.29, 0.717) is 21.8 Å². The number of nitrogens with one attached hydrogen (secondary N) is 1. The number of fused-ring (bicyclic) bond motifs is 1. The molecule has 2 aromatic rings. The van der Waals surface area contributed by atoms with Crippen LogP contribution in [0.3, 0.4) is 0 Å². The number of benzene rings is 1. The van der Waals surface area contributed by atoms with Crippen LogP contribution < -0.4 is 14.8 Å². The fraction of sp³-hybridized carbons (Fsp3) is 0.444. The summed E-state index contributed by atoms with van der Waals surface area (Å²) < 4.78 is 13.4. The minimum Gasteiger partial charge on any atom is -0.493 e. The average molecular weight is 408 g/mol. The van der Waals surface area contributed by atoms with Crippen LogP contribution in [0.2, 0.25) is 0 Å². The summed E-state index contributed by atoms with van der Waals surface area (Å²) in [6.45, 7) is 4.76. The fourth-order valence-corrected chi connectivity index (χ4v) is 4.02. The third kappa shape index (κ3) is 3.13. The molecule has 1 aromatic heterocycles. The maximum absolute atomic E-state index is 12.8. The number of hydrogen-bond acceptors (Lipinski definition) is 4. The smallest absolute Gasteiger partial charge is 0.271 e. The summed E-state index contributed by atoms with van der Waals surface area (Å²) in [6, 6.07) is 3.64. The number of imidazole rings is 1. The zero-order valence-electron chi connectivity index (χ0n) is 14.9. The first-order valence-electron chi connectivity index (χ1n) is 8.25. The lowest BCUT2D eigenvalue weighted by Gasteiger charge is -2.20. The third-order valence-corrected chi connectivity index (χ3v) is 5.20.